The SMILES string of the molecule is CS(=O)(=O)Nc1ccc(F)c(NC(=O)NC[C@@]2(O)CCCNC2)c1. The lowest BCUT2D eigenvalue weighted by molar-refractivity contribution is 0.0198. The number of sulfonamides is 1. The van der Waals surface area contributed by atoms with Gasteiger partial charge in [0.2, 0.25) is 10.0 Å². The molecule has 0 unspecified atom stereocenters. The van der Waals surface area contributed by atoms with Crippen molar-refractivity contribution in [1.29, 1.82) is 0 Å². The molecule has 24 heavy (non-hydrogen) atoms. The van der Waals surface area contributed by atoms with Gasteiger partial charge in [-0.25, -0.2) is 17.6 Å². The molecule has 0 radical (unpaired) electrons. The topological polar surface area (TPSA) is 120 Å². The van der Waals surface area contributed by atoms with E-state index in [4.69, 9.17) is 0 Å². The Hall–Kier alpha value is -1.91. The van der Waals surface area contributed by atoms with Gasteiger partial charge in [-0.3, -0.25) is 4.72 Å². The third-order valence-corrected chi connectivity index (χ3v) is 4.15. The summed E-state index contributed by atoms with van der Waals surface area (Å²) in [6.07, 6.45) is 2.32. The Morgan fingerprint density at radius 3 is 2.83 bits per heavy atom. The highest BCUT2D eigenvalue weighted by Gasteiger charge is 2.29. The van der Waals surface area contributed by atoms with Gasteiger partial charge in [-0.1, -0.05) is 0 Å². The number of halogens is 1. The minimum atomic E-state index is -3.51. The molecule has 2 rings (SSSR count). The lowest BCUT2D eigenvalue weighted by atomic mass is 9.94. The van der Waals surface area contributed by atoms with Crippen molar-refractivity contribution in [1.82, 2.24) is 10.6 Å². The first-order valence-electron chi connectivity index (χ1n) is 7.42. The molecule has 1 aliphatic heterocycles. The predicted molar refractivity (Wildman–Crippen MR) is 88.9 cm³/mol. The van der Waals surface area contributed by atoms with Crippen molar-refractivity contribution < 1.29 is 22.7 Å². The molecular weight excluding hydrogens is 339 g/mol. The third-order valence-electron chi connectivity index (χ3n) is 3.55. The number of urea groups is 1. The van der Waals surface area contributed by atoms with Gasteiger partial charge in [0.25, 0.3) is 0 Å². The second-order valence-electron chi connectivity index (χ2n) is 5.88. The van der Waals surface area contributed by atoms with Crippen LogP contribution in [0.4, 0.5) is 20.6 Å². The summed E-state index contributed by atoms with van der Waals surface area (Å²) in [5.74, 6) is -0.706. The van der Waals surface area contributed by atoms with E-state index in [-0.39, 0.29) is 17.9 Å². The van der Waals surface area contributed by atoms with Gasteiger partial charge in [-0.15, -0.1) is 0 Å². The van der Waals surface area contributed by atoms with E-state index in [1.54, 1.807) is 0 Å². The van der Waals surface area contributed by atoms with Crippen molar-refractivity contribution in [2.24, 2.45) is 0 Å². The molecule has 0 spiro atoms. The molecule has 1 fully saturated rings. The number of aliphatic hydroxyl groups is 1. The summed E-state index contributed by atoms with van der Waals surface area (Å²) in [5, 5.41) is 18.1. The first-order valence-corrected chi connectivity index (χ1v) is 9.31. The summed E-state index contributed by atoms with van der Waals surface area (Å²) in [7, 11) is -3.51. The van der Waals surface area contributed by atoms with E-state index in [1.807, 2.05) is 0 Å². The molecule has 1 atom stereocenters. The molecule has 5 N–H and O–H groups in total. The van der Waals surface area contributed by atoms with Crippen molar-refractivity contribution in [3.63, 3.8) is 0 Å². The molecule has 1 saturated heterocycles. The number of anilines is 2. The Kier molecular flexibility index (Phi) is 5.62. The fraction of sp³-hybridized carbons (Fsp3) is 0.500. The van der Waals surface area contributed by atoms with Gasteiger partial charge in [0.15, 0.2) is 0 Å². The number of piperidine rings is 1. The molecule has 0 saturated carbocycles. The van der Waals surface area contributed by atoms with Crippen LogP contribution in [-0.2, 0) is 10.0 Å². The minimum absolute atomic E-state index is 0.0226. The summed E-state index contributed by atoms with van der Waals surface area (Å²) < 4.78 is 38.3. The highest BCUT2D eigenvalue weighted by Crippen LogP contribution is 2.20. The molecule has 1 aromatic carbocycles. The van der Waals surface area contributed by atoms with E-state index in [0.717, 1.165) is 25.3 Å². The van der Waals surface area contributed by atoms with E-state index in [9.17, 15) is 22.7 Å². The first-order chi connectivity index (χ1) is 11.2. The van der Waals surface area contributed by atoms with Crippen LogP contribution >= 0.6 is 0 Å². The monoisotopic (exact) mass is 360 g/mol. The molecule has 2 amide bonds. The lowest BCUT2D eigenvalue weighted by Gasteiger charge is -2.32. The maximum Gasteiger partial charge on any atom is 0.319 e. The largest absolute Gasteiger partial charge is 0.387 e. The molecule has 10 heteroatoms. The average Bonchev–Trinajstić information content (AvgIpc) is 2.48. The highest BCUT2D eigenvalue weighted by molar-refractivity contribution is 7.92. The van der Waals surface area contributed by atoms with E-state index in [0.29, 0.717) is 13.0 Å². The van der Waals surface area contributed by atoms with Gasteiger partial charge in [0, 0.05) is 13.1 Å². The number of nitrogens with one attached hydrogen (secondary N) is 4. The second-order valence-corrected chi connectivity index (χ2v) is 7.63. The van der Waals surface area contributed by atoms with Crippen LogP contribution in [0.15, 0.2) is 18.2 Å². The van der Waals surface area contributed by atoms with Crippen LogP contribution < -0.4 is 20.7 Å². The van der Waals surface area contributed by atoms with E-state index in [1.165, 1.54) is 12.1 Å². The highest BCUT2D eigenvalue weighted by atomic mass is 32.2. The lowest BCUT2D eigenvalue weighted by Crippen LogP contribution is -2.53. The van der Waals surface area contributed by atoms with Crippen molar-refractivity contribution >= 4 is 27.4 Å². The summed E-state index contributed by atoms with van der Waals surface area (Å²) >= 11 is 0. The molecule has 1 aliphatic rings. The quantitative estimate of drug-likeness (QED) is 0.522. The van der Waals surface area contributed by atoms with Crippen molar-refractivity contribution in [2.45, 2.75) is 18.4 Å². The smallest absolute Gasteiger partial charge is 0.319 e. The van der Waals surface area contributed by atoms with E-state index < -0.39 is 27.5 Å². The van der Waals surface area contributed by atoms with Gasteiger partial charge in [0.05, 0.1) is 23.2 Å². The third kappa shape index (κ3) is 5.62. The zero-order valence-corrected chi connectivity index (χ0v) is 14.0. The molecule has 1 heterocycles. The first kappa shape index (κ1) is 18.4. The number of benzene rings is 1. The van der Waals surface area contributed by atoms with Crippen LogP contribution in [0.3, 0.4) is 0 Å². The molecule has 1 aromatic rings. The van der Waals surface area contributed by atoms with Gasteiger partial charge in [-0.2, -0.15) is 0 Å². The number of amides is 2. The Labute approximate surface area is 139 Å². The maximum atomic E-state index is 13.8. The van der Waals surface area contributed by atoms with Crippen LogP contribution in [0.2, 0.25) is 0 Å². The average molecular weight is 360 g/mol. The van der Waals surface area contributed by atoms with Gasteiger partial charge in [-0.05, 0) is 37.6 Å². The van der Waals surface area contributed by atoms with Crippen LogP contribution in [0.25, 0.3) is 0 Å². The van der Waals surface area contributed by atoms with Crippen molar-refractivity contribution in [3.8, 4) is 0 Å². The van der Waals surface area contributed by atoms with Crippen LogP contribution in [0, 0.1) is 5.82 Å². The van der Waals surface area contributed by atoms with E-state index in [2.05, 4.69) is 20.7 Å². The number of carbonyl (C=O) groups excluding carboxylic acids is 1. The molecule has 134 valence electrons. The zero-order chi connectivity index (χ0) is 17.8. The maximum absolute atomic E-state index is 13.8. The Bertz CT molecular complexity index is 705. The zero-order valence-electron chi connectivity index (χ0n) is 13.2. The summed E-state index contributed by atoms with van der Waals surface area (Å²) in [6.45, 7) is 1.21. The van der Waals surface area contributed by atoms with Crippen LogP contribution in [0.1, 0.15) is 12.8 Å². The van der Waals surface area contributed by atoms with Crippen molar-refractivity contribution in [3.05, 3.63) is 24.0 Å². The van der Waals surface area contributed by atoms with E-state index >= 15 is 0 Å². The van der Waals surface area contributed by atoms with Gasteiger partial charge in [0.1, 0.15) is 5.82 Å². The summed E-state index contributed by atoms with van der Waals surface area (Å²) in [5.41, 5.74) is -1.08. The van der Waals surface area contributed by atoms with Crippen molar-refractivity contribution in [2.75, 3.05) is 35.9 Å². The number of hydrogen-bond donors (Lipinski definition) is 5. The van der Waals surface area contributed by atoms with Gasteiger partial charge < -0.3 is 21.1 Å². The molecule has 0 bridgehead atoms. The molecular formula is C14H21FN4O4S. The summed E-state index contributed by atoms with van der Waals surface area (Å²) in [6, 6.07) is 2.77. The van der Waals surface area contributed by atoms with Crippen LogP contribution in [0.5, 0.6) is 0 Å². The predicted octanol–water partition coefficient (Wildman–Crippen LogP) is 0.433. The Morgan fingerprint density at radius 1 is 1.46 bits per heavy atom. The van der Waals surface area contributed by atoms with Gasteiger partial charge >= 0.3 is 6.03 Å². The Balaban J connectivity index is 1.96. The number of hydrogen-bond acceptors (Lipinski definition) is 5. The molecule has 8 nitrogen and oxygen atoms in total. The number of rotatable bonds is 5. The minimum Gasteiger partial charge on any atom is -0.387 e. The van der Waals surface area contributed by atoms with Crippen LogP contribution in [-0.4, -0.2) is 51.0 Å². The Morgan fingerprint density at radius 2 is 2.21 bits per heavy atom. The fourth-order valence-electron chi connectivity index (χ4n) is 2.41. The molecule has 0 aromatic heterocycles. The second kappa shape index (κ2) is 7.32. The summed E-state index contributed by atoms with van der Waals surface area (Å²) in [4.78, 5) is 11.9. The normalized spacial score (nSPS) is 21.1. The number of β-amino-alcohol motifs (C(OH)–C–C–N with tert-alkyl or cyclic N) is 1. The number of carbonyl (C=O) groups is 1. The molecule has 0 aliphatic carbocycles. The fourth-order valence-corrected chi connectivity index (χ4v) is 2.97. The standard InChI is InChI=1S/C14H21FN4O4S/c1-24(22,23)19-10-3-4-11(15)12(7-10)18-13(20)17-9-14(21)5-2-6-16-8-14/h3-4,7,16,19,21H,2,5-6,8-9H2,1H3,(H2,17,18,20)/t14-/m1/s1.